The van der Waals surface area contributed by atoms with E-state index in [1.807, 2.05) is 24.3 Å². The lowest BCUT2D eigenvalue weighted by Gasteiger charge is -2.06. The Hall–Kier alpha value is -2.49. The molecule has 3 aromatic rings. The van der Waals surface area contributed by atoms with Crippen molar-refractivity contribution in [3.05, 3.63) is 48.3 Å². The topological polar surface area (TPSA) is 68.9 Å². The van der Waals surface area contributed by atoms with Gasteiger partial charge in [-0.25, -0.2) is 4.98 Å². The Bertz CT molecular complexity index is 683. The molecule has 0 saturated carbocycles. The van der Waals surface area contributed by atoms with Gasteiger partial charge in [0, 0.05) is 23.2 Å². The van der Waals surface area contributed by atoms with Crippen LogP contribution in [0.25, 0.3) is 21.8 Å². The smallest absolute Gasteiger partial charge is 0.250 e. The molecule has 17 heavy (non-hydrogen) atoms. The molecule has 1 amide bonds. The van der Waals surface area contributed by atoms with E-state index in [2.05, 4.69) is 9.97 Å². The second-order valence-electron chi connectivity index (χ2n) is 3.76. The van der Waals surface area contributed by atoms with Crippen LogP contribution in [0.2, 0.25) is 0 Å². The molecule has 0 aliphatic rings. The highest BCUT2D eigenvalue weighted by Gasteiger charge is 2.12. The molecule has 0 aliphatic heterocycles. The Morgan fingerprint density at radius 2 is 1.82 bits per heavy atom. The summed E-state index contributed by atoms with van der Waals surface area (Å²) in [7, 11) is 0. The molecule has 0 spiro atoms. The summed E-state index contributed by atoms with van der Waals surface area (Å²) < 4.78 is 0. The van der Waals surface area contributed by atoms with Crippen molar-refractivity contribution in [2.24, 2.45) is 5.73 Å². The lowest BCUT2D eigenvalue weighted by molar-refractivity contribution is 0.100. The molecule has 4 heteroatoms. The third kappa shape index (κ3) is 1.42. The van der Waals surface area contributed by atoms with Crippen molar-refractivity contribution in [2.75, 3.05) is 0 Å². The maximum atomic E-state index is 11.6. The highest BCUT2D eigenvalue weighted by molar-refractivity contribution is 6.15. The first-order valence-electron chi connectivity index (χ1n) is 5.19. The number of carbonyl (C=O) groups is 1. The summed E-state index contributed by atoms with van der Waals surface area (Å²) in [5, 5.41) is 1.46. The second-order valence-corrected chi connectivity index (χ2v) is 3.76. The first-order chi connectivity index (χ1) is 8.27. The normalized spacial score (nSPS) is 10.8. The molecule has 1 aromatic carbocycles. The van der Waals surface area contributed by atoms with Crippen LogP contribution in [0, 0.1) is 0 Å². The minimum absolute atomic E-state index is 0.457. The van der Waals surface area contributed by atoms with Crippen LogP contribution in [0.3, 0.4) is 0 Å². The van der Waals surface area contributed by atoms with E-state index in [-0.39, 0.29) is 0 Å². The van der Waals surface area contributed by atoms with Crippen LogP contribution < -0.4 is 5.73 Å². The van der Waals surface area contributed by atoms with Gasteiger partial charge in [-0.05, 0) is 12.1 Å². The van der Waals surface area contributed by atoms with Gasteiger partial charge < -0.3 is 5.73 Å². The first kappa shape index (κ1) is 9.72. The van der Waals surface area contributed by atoms with Crippen molar-refractivity contribution in [3.63, 3.8) is 0 Å². The lowest BCUT2D eigenvalue weighted by Crippen LogP contribution is -2.12. The molecule has 2 aromatic heterocycles. The lowest BCUT2D eigenvalue weighted by atomic mass is 10.0. The van der Waals surface area contributed by atoms with E-state index in [0.717, 1.165) is 16.4 Å². The number of para-hydroxylation sites is 1. The SMILES string of the molecule is NC(=O)c1c2ccccc2nc2ccncc12. The van der Waals surface area contributed by atoms with Gasteiger partial charge in [0.25, 0.3) is 0 Å². The van der Waals surface area contributed by atoms with Crippen LogP contribution in [0.4, 0.5) is 0 Å². The summed E-state index contributed by atoms with van der Waals surface area (Å²) >= 11 is 0. The summed E-state index contributed by atoms with van der Waals surface area (Å²) in [5.74, 6) is -0.457. The summed E-state index contributed by atoms with van der Waals surface area (Å²) in [5.41, 5.74) is 7.43. The minimum Gasteiger partial charge on any atom is -0.366 e. The van der Waals surface area contributed by atoms with Crippen LogP contribution in [-0.2, 0) is 0 Å². The third-order valence-corrected chi connectivity index (χ3v) is 2.73. The number of rotatable bonds is 1. The Morgan fingerprint density at radius 3 is 2.65 bits per heavy atom. The molecule has 4 nitrogen and oxygen atoms in total. The molecule has 0 bridgehead atoms. The Balaban J connectivity index is 2.61. The number of fused-ring (bicyclic) bond motifs is 2. The standard InChI is InChI=1S/C13H9N3O/c14-13(17)12-8-3-1-2-4-10(8)16-11-5-6-15-7-9(11)12/h1-7H,(H2,14,17). The van der Waals surface area contributed by atoms with Gasteiger partial charge in [-0.15, -0.1) is 0 Å². The number of nitrogens with zero attached hydrogens (tertiary/aromatic N) is 2. The average molecular weight is 223 g/mol. The Labute approximate surface area is 97.1 Å². The summed E-state index contributed by atoms with van der Waals surface area (Å²) in [6.45, 7) is 0. The minimum atomic E-state index is -0.457. The Kier molecular flexibility index (Phi) is 2.01. The highest BCUT2D eigenvalue weighted by Crippen LogP contribution is 2.24. The molecule has 0 saturated heterocycles. The molecule has 0 atom stereocenters. The van der Waals surface area contributed by atoms with E-state index in [1.54, 1.807) is 18.5 Å². The molecular weight excluding hydrogens is 214 g/mol. The number of primary amides is 1. The number of nitrogens with two attached hydrogens (primary N) is 1. The van der Waals surface area contributed by atoms with Crippen LogP contribution in [-0.4, -0.2) is 15.9 Å². The van der Waals surface area contributed by atoms with E-state index in [4.69, 9.17) is 5.73 Å². The Morgan fingerprint density at radius 1 is 1.06 bits per heavy atom. The van der Waals surface area contributed by atoms with Crippen molar-refractivity contribution in [2.45, 2.75) is 0 Å². The highest BCUT2D eigenvalue weighted by atomic mass is 16.1. The zero-order valence-corrected chi connectivity index (χ0v) is 8.92. The number of pyridine rings is 2. The summed E-state index contributed by atoms with van der Waals surface area (Å²) in [6, 6.07) is 9.22. The number of hydrogen-bond donors (Lipinski definition) is 1. The fourth-order valence-corrected chi connectivity index (χ4v) is 2.00. The van der Waals surface area contributed by atoms with Crippen LogP contribution in [0.5, 0.6) is 0 Å². The van der Waals surface area contributed by atoms with Gasteiger partial charge in [0.15, 0.2) is 0 Å². The maximum absolute atomic E-state index is 11.6. The number of amides is 1. The first-order valence-corrected chi connectivity index (χ1v) is 5.19. The fraction of sp³-hybridized carbons (Fsp3) is 0. The molecule has 0 fully saturated rings. The van der Waals surface area contributed by atoms with Gasteiger partial charge >= 0.3 is 0 Å². The van der Waals surface area contributed by atoms with Gasteiger partial charge in [0.05, 0.1) is 16.6 Å². The molecule has 0 unspecified atom stereocenters. The molecular formula is C13H9N3O. The molecule has 0 aliphatic carbocycles. The van der Waals surface area contributed by atoms with Gasteiger partial charge in [-0.3, -0.25) is 9.78 Å². The van der Waals surface area contributed by atoms with E-state index in [1.165, 1.54) is 0 Å². The second kappa shape index (κ2) is 3.52. The van der Waals surface area contributed by atoms with E-state index < -0.39 is 5.91 Å². The summed E-state index contributed by atoms with van der Waals surface area (Å²) in [6.07, 6.45) is 3.27. The zero-order chi connectivity index (χ0) is 11.8. The van der Waals surface area contributed by atoms with Gasteiger partial charge in [-0.1, -0.05) is 18.2 Å². The molecule has 82 valence electrons. The zero-order valence-electron chi connectivity index (χ0n) is 8.92. The predicted octanol–water partition coefficient (Wildman–Crippen LogP) is 1.88. The fourth-order valence-electron chi connectivity index (χ4n) is 2.00. The number of hydrogen-bond acceptors (Lipinski definition) is 3. The van der Waals surface area contributed by atoms with Gasteiger partial charge in [0.1, 0.15) is 0 Å². The van der Waals surface area contributed by atoms with Crippen LogP contribution in [0.1, 0.15) is 10.4 Å². The van der Waals surface area contributed by atoms with Gasteiger partial charge in [0.2, 0.25) is 5.91 Å². The summed E-state index contributed by atoms with van der Waals surface area (Å²) in [4.78, 5) is 20.1. The van der Waals surface area contributed by atoms with Crippen molar-refractivity contribution >= 4 is 27.7 Å². The van der Waals surface area contributed by atoms with Crippen LogP contribution >= 0.6 is 0 Å². The quantitative estimate of drug-likeness (QED) is 0.640. The van der Waals surface area contributed by atoms with Crippen molar-refractivity contribution in [1.29, 1.82) is 0 Å². The molecule has 2 heterocycles. The number of carbonyl (C=O) groups excluding carboxylic acids is 1. The predicted molar refractivity (Wildman–Crippen MR) is 65.6 cm³/mol. The monoisotopic (exact) mass is 223 g/mol. The van der Waals surface area contributed by atoms with Crippen molar-refractivity contribution in [3.8, 4) is 0 Å². The molecule has 3 rings (SSSR count). The molecule has 0 radical (unpaired) electrons. The van der Waals surface area contributed by atoms with E-state index >= 15 is 0 Å². The van der Waals surface area contributed by atoms with E-state index in [0.29, 0.717) is 10.9 Å². The van der Waals surface area contributed by atoms with E-state index in [9.17, 15) is 4.79 Å². The maximum Gasteiger partial charge on any atom is 0.250 e. The number of benzene rings is 1. The van der Waals surface area contributed by atoms with Gasteiger partial charge in [-0.2, -0.15) is 0 Å². The molecule has 2 N–H and O–H groups in total. The number of aromatic nitrogens is 2. The van der Waals surface area contributed by atoms with Crippen LogP contribution in [0.15, 0.2) is 42.7 Å². The third-order valence-electron chi connectivity index (χ3n) is 2.73. The van der Waals surface area contributed by atoms with Crippen molar-refractivity contribution in [1.82, 2.24) is 9.97 Å². The van der Waals surface area contributed by atoms with Crippen molar-refractivity contribution < 1.29 is 4.79 Å². The largest absolute Gasteiger partial charge is 0.366 e. The average Bonchev–Trinajstić information content (AvgIpc) is 2.35.